The number of ether oxygens (including phenoxy) is 9. The van der Waals surface area contributed by atoms with Crippen LogP contribution in [0.25, 0.3) is 0 Å². The molecule has 2 aromatic carbocycles. The number of methoxy groups -OCH3 is 2. The molecule has 4 aliphatic heterocycles. The van der Waals surface area contributed by atoms with Crippen molar-refractivity contribution in [1.29, 1.82) is 0 Å². The van der Waals surface area contributed by atoms with Gasteiger partial charge in [0.2, 0.25) is 12.5 Å². The minimum absolute atomic E-state index is 0. The molecular weight excluding hydrogens is 724 g/mol. The quantitative estimate of drug-likeness (QED) is 0.231. The Labute approximate surface area is 293 Å². The Morgan fingerprint density at radius 2 is 1.55 bits per heavy atom. The Bertz CT molecular complexity index is 1540. The number of phosphoric acid groups is 1. The van der Waals surface area contributed by atoms with Gasteiger partial charge in [-0.05, 0) is 47.9 Å². The maximum absolute atomic E-state index is 13.5. The Morgan fingerprint density at radius 1 is 0.894 bits per heavy atom. The zero-order chi connectivity index (χ0) is 32.5. The first kappa shape index (κ1) is 34.8. The molecule has 2 aromatic rings. The summed E-state index contributed by atoms with van der Waals surface area (Å²) in [5.74, 6) is -2.25. The van der Waals surface area contributed by atoms with Gasteiger partial charge in [0.25, 0.3) is 0 Å². The number of fused-ring (bicyclic) bond motifs is 4. The first-order chi connectivity index (χ1) is 22.0. The van der Waals surface area contributed by atoms with Crippen LogP contribution in [-0.4, -0.2) is 97.2 Å². The molecular formula is C29H33O16PY. The first-order valence-corrected chi connectivity index (χ1v) is 16.1. The molecule has 5 aliphatic rings. The first-order valence-electron chi connectivity index (χ1n) is 14.5. The second-order valence-electron chi connectivity index (χ2n) is 11.6. The zero-order valence-electron chi connectivity index (χ0n) is 25.4. The molecule has 1 aliphatic carbocycles. The normalized spacial score (nSPS) is 33.9. The Morgan fingerprint density at radius 3 is 2.19 bits per heavy atom. The number of hydrogen-bond acceptors (Lipinski definition) is 14. The maximum Gasteiger partial charge on any atom is 0.525 e. The molecule has 0 spiro atoms. The van der Waals surface area contributed by atoms with E-state index >= 15 is 0 Å². The van der Waals surface area contributed by atoms with Gasteiger partial charge in [-0.3, -0.25) is 14.6 Å². The van der Waals surface area contributed by atoms with Gasteiger partial charge in [0.05, 0.1) is 39.5 Å². The van der Waals surface area contributed by atoms with Crippen molar-refractivity contribution in [2.75, 3.05) is 34.2 Å². The molecule has 0 amide bonds. The van der Waals surface area contributed by atoms with E-state index in [4.69, 9.17) is 47.2 Å². The van der Waals surface area contributed by atoms with Crippen molar-refractivity contribution >= 4 is 13.8 Å². The molecule has 3 saturated heterocycles. The predicted octanol–water partition coefficient (Wildman–Crippen LogP) is 1.10. The third kappa shape index (κ3) is 6.27. The van der Waals surface area contributed by atoms with Gasteiger partial charge in [0, 0.05) is 44.5 Å². The topological polar surface area (TPSA) is 207 Å². The van der Waals surface area contributed by atoms with E-state index in [1.54, 1.807) is 19.1 Å². The van der Waals surface area contributed by atoms with Crippen molar-refractivity contribution in [1.82, 2.24) is 0 Å². The molecule has 0 bridgehead atoms. The summed E-state index contributed by atoms with van der Waals surface area (Å²) in [6.07, 6.45) is -7.18. The SMILES string of the molecule is COc1cc([C@@H]2c3cc4c(cc3[C@@H](O[C@@H]3O[C@@H]5CO[C@@H](C)O[C@H]5[C@H](O)[C@H]3O)[C@H]3COC(=O)[C@H]23)OCO4)cc(OC)c1OP(=O)(O)O.[Y]. The fourth-order valence-electron chi connectivity index (χ4n) is 6.93. The minimum Gasteiger partial charge on any atom is -0.493 e. The van der Waals surface area contributed by atoms with E-state index in [9.17, 15) is 29.4 Å². The van der Waals surface area contributed by atoms with Crippen LogP contribution >= 0.6 is 7.82 Å². The van der Waals surface area contributed by atoms with E-state index in [0.717, 1.165) is 0 Å². The molecule has 0 unspecified atom stereocenters. The summed E-state index contributed by atoms with van der Waals surface area (Å²) in [6, 6.07) is 6.47. The summed E-state index contributed by atoms with van der Waals surface area (Å²) in [7, 11) is -2.40. The van der Waals surface area contributed by atoms with Crippen LogP contribution in [0, 0.1) is 11.8 Å². The molecule has 18 heteroatoms. The number of esters is 1. The van der Waals surface area contributed by atoms with E-state index in [0.29, 0.717) is 28.2 Å². The van der Waals surface area contributed by atoms with Crippen LogP contribution in [0.1, 0.15) is 35.6 Å². The van der Waals surface area contributed by atoms with Gasteiger partial charge in [0.1, 0.15) is 24.4 Å². The molecule has 0 aromatic heterocycles. The number of aliphatic hydroxyl groups excluding tert-OH is 2. The van der Waals surface area contributed by atoms with Gasteiger partial charge >= 0.3 is 13.8 Å². The molecule has 1 radical (unpaired) electrons. The number of carbonyl (C=O) groups excluding carboxylic acids is 1. The van der Waals surface area contributed by atoms with Gasteiger partial charge in [-0.1, -0.05) is 0 Å². The summed E-state index contributed by atoms with van der Waals surface area (Å²) in [5.41, 5.74) is 1.65. The van der Waals surface area contributed by atoms with E-state index in [1.807, 2.05) is 0 Å². The van der Waals surface area contributed by atoms with Gasteiger partial charge in [-0.25, -0.2) is 4.57 Å². The molecule has 7 rings (SSSR count). The number of cyclic esters (lactones) is 1. The van der Waals surface area contributed by atoms with Crippen LogP contribution in [-0.2, 0) is 65.8 Å². The number of phosphoric ester groups is 1. The van der Waals surface area contributed by atoms with Gasteiger partial charge in [0.15, 0.2) is 35.6 Å². The van der Waals surface area contributed by atoms with Crippen molar-refractivity contribution in [3.63, 3.8) is 0 Å². The summed E-state index contributed by atoms with van der Waals surface area (Å²) < 4.78 is 68.1. The van der Waals surface area contributed by atoms with Crippen LogP contribution in [0.4, 0.5) is 0 Å². The fourth-order valence-corrected chi connectivity index (χ4v) is 7.35. The van der Waals surface area contributed by atoms with Crippen molar-refractivity contribution in [3.8, 4) is 28.7 Å². The molecule has 47 heavy (non-hydrogen) atoms. The van der Waals surface area contributed by atoms with Gasteiger partial charge in [-0.2, -0.15) is 0 Å². The summed E-state index contributed by atoms with van der Waals surface area (Å²) in [4.78, 5) is 32.5. The number of rotatable bonds is 7. The van der Waals surface area contributed by atoms with Crippen LogP contribution in [0.5, 0.6) is 28.7 Å². The third-order valence-electron chi connectivity index (χ3n) is 8.94. The molecule has 3 fully saturated rings. The predicted molar refractivity (Wildman–Crippen MR) is 149 cm³/mol. The third-order valence-corrected chi connectivity index (χ3v) is 9.36. The molecule has 253 valence electrons. The Hall–Kier alpha value is -2.08. The summed E-state index contributed by atoms with van der Waals surface area (Å²) in [5, 5.41) is 22.0. The van der Waals surface area contributed by atoms with E-state index < -0.39 is 74.6 Å². The van der Waals surface area contributed by atoms with E-state index in [1.165, 1.54) is 26.4 Å². The van der Waals surface area contributed by atoms with Crippen LogP contribution < -0.4 is 23.5 Å². The molecule has 0 saturated carbocycles. The number of benzene rings is 2. The van der Waals surface area contributed by atoms with Crippen LogP contribution in [0.3, 0.4) is 0 Å². The second-order valence-corrected chi connectivity index (χ2v) is 12.7. The second kappa shape index (κ2) is 13.3. The van der Waals surface area contributed by atoms with Gasteiger partial charge < -0.3 is 57.4 Å². The smallest absolute Gasteiger partial charge is 0.493 e. The number of hydrogen-bond donors (Lipinski definition) is 4. The van der Waals surface area contributed by atoms with Crippen molar-refractivity contribution in [2.45, 2.75) is 55.9 Å². The van der Waals surface area contributed by atoms with Crippen molar-refractivity contribution in [2.24, 2.45) is 11.8 Å². The average molecular weight is 757 g/mol. The van der Waals surface area contributed by atoms with E-state index in [-0.39, 0.29) is 70.0 Å². The van der Waals surface area contributed by atoms with E-state index in [2.05, 4.69) is 0 Å². The molecule has 10 atom stereocenters. The van der Waals surface area contributed by atoms with Gasteiger partial charge in [-0.15, -0.1) is 0 Å². The maximum atomic E-state index is 13.5. The summed E-state index contributed by atoms with van der Waals surface area (Å²) in [6.45, 7) is 1.72. The number of carbonyl (C=O) groups is 1. The minimum atomic E-state index is -5.00. The zero-order valence-corrected chi connectivity index (χ0v) is 29.1. The average Bonchev–Trinajstić information content (AvgIpc) is 3.64. The molecule has 16 nitrogen and oxygen atoms in total. The fraction of sp³-hybridized carbons (Fsp3) is 0.552. The van der Waals surface area contributed by atoms with Crippen molar-refractivity contribution in [3.05, 3.63) is 41.0 Å². The summed E-state index contributed by atoms with van der Waals surface area (Å²) >= 11 is 0. The van der Waals surface area contributed by atoms with Crippen LogP contribution in [0.2, 0.25) is 0 Å². The van der Waals surface area contributed by atoms with Crippen LogP contribution in [0.15, 0.2) is 24.3 Å². The largest absolute Gasteiger partial charge is 0.525 e. The van der Waals surface area contributed by atoms with Crippen molar-refractivity contribution < 1.29 is 109 Å². The number of aliphatic hydroxyl groups is 2. The standard InChI is InChI=1S/C29H33O16P.Y/c1-11-38-9-20-27(42-11)23(30)24(31)29(43-20)44-25-14-7-17-16(40-10-41-17)6-13(14)21(22-15(25)8-39-28(22)32)12-4-18(36-2)26(19(5-12)37-3)45-46(33,34)35;/h4-7,11,15,20-25,27,29-31H,8-10H2,1-3H3,(H2,33,34,35);/t11-,15+,20-,21-,22+,23-,24-,25-,27-,29+;/m1./s1. The Kier molecular flexibility index (Phi) is 9.86. The monoisotopic (exact) mass is 757 g/mol. The Balaban J connectivity index is 0.00000386. The molecule has 4 heterocycles. The molecule has 4 N–H and O–H groups in total.